The number of nitrogens with one attached hydrogen (secondary N) is 1. The van der Waals surface area contributed by atoms with Crippen LogP contribution in [-0.4, -0.2) is 58.7 Å². The van der Waals surface area contributed by atoms with Gasteiger partial charge in [-0.1, -0.05) is 0 Å². The molecule has 1 aromatic heterocycles. The Labute approximate surface area is 120 Å². The lowest BCUT2D eigenvalue weighted by Crippen LogP contribution is -2.49. The molecule has 6 heteroatoms. The van der Waals surface area contributed by atoms with Crippen molar-refractivity contribution in [3.63, 3.8) is 0 Å². The van der Waals surface area contributed by atoms with Crippen molar-refractivity contribution in [3.05, 3.63) is 18.2 Å². The lowest BCUT2D eigenvalue weighted by atomic mass is 10.2. The van der Waals surface area contributed by atoms with Gasteiger partial charge in [0.1, 0.15) is 5.82 Å². The monoisotopic (exact) mass is 280 g/mol. The number of hydrogen-bond donors (Lipinski definition) is 1. The van der Waals surface area contributed by atoms with Crippen molar-refractivity contribution >= 4 is 5.91 Å². The molecule has 20 heavy (non-hydrogen) atoms. The summed E-state index contributed by atoms with van der Waals surface area (Å²) in [5.74, 6) is 1.04. The van der Waals surface area contributed by atoms with Gasteiger partial charge in [0.2, 0.25) is 5.91 Å². The summed E-state index contributed by atoms with van der Waals surface area (Å²) < 4.78 is 7.68. The van der Waals surface area contributed by atoms with Crippen LogP contribution in [0.2, 0.25) is 0 Å². The van der Waals surface area contributed by atoms with Crippen LogP contribution in [0.1, 0.15) is 19.7 Å². The first-order valence-corrected chi connectivity index (χ1v) is 7.17. The second-order valence-electron chi connectivity index (χ2n) is 5.47. The second-order valence-corrected chi connectivity index (χ2v) is 5.47. The minimum atomic E-state index is 0.0732. The van der Waals surface area contributed by atoms with Gasteiger partial charge in [0.25, 0.3) is 0 Å². The van der Waals surface area contributed by atoms with Crippen LogP contribution in [0.5, 0.6) is 0 Å². The average Bonchev–Trinajstić information content (AvgIpc) is 2.73. The molecule has 2 atom stereocenters. The van der Waals surface area contributed by atoms with E-state index in [2.05, 4.69) is 15.2 Å². The number of ether oxygens (including phenoxy) is 1. The molecule has 0 radical (unpaired) electrons. The first-order chi connectivity index (χ1) is 9.54. The van der Waals surface area contributed by atoms with Crippen LogP contribution in [0.25, 0.3) is 0 Å². The Kier molecular flexibility index (Phi) is 5.14. The van der Waals surface area contributed by atoms with E-state index in [0.717, 1.165) is 25.5 Å². The molecule has 1 aromatic rings. The molecule has 0 aromatic carbocycles. The van der Waals surface area contributed by atoms with Crippen molar-refractivity contribution < 1.29 is 9.53 Å². The molecule has 0 unspecified atom stereocenters. The first-order valence-electron chi connectivity index (χ1n) is 7.17. The number of rotatable bonds is 5. The SMILES string of the molecule is Cc1nccn1CCNC(=O)CN1C[C@@H](C)O[C@@H](C)C1. The van der Waals surface area contributed by atoms with Crippen molar-refractivity contribution in [1.82, 2.24) is 19.8 Å². The molecule has 0 saturated carbocycles. The Morgan fingerprint density at radius 3 is 2.75 bits per heavy atom. The molecular weight excluding hydrogens is 256 g/mol. The fourth-order valence-electron chi connectivity index (χ4n) is 2.63. The predicted molar refractivity (Wildman–Crippen MR) is 76.4 cm³/mol. The van der Waals surface area contributed by atoms with Crippen LogP contribution in [-0.2, 0) is 16.1 Å². The highest BCUT2D eigenvalue weighted by Gasteiger charge is 2.23. The number of amides is 1. The van der Waals surface area contributed by atoms with Crippen molar-refractivity contribution in [1.29, 1.82) is 0 Å². The number of morpholine rings is 1. The lowest BCUT2D eigenvalue weighted by Gasteiger charge is -2.34. The van der Waals surface area contributed by atoms with Gasteiger partial charge in [-0.2, -0.15) is 0 Å². The molecule has 1 fully saturated rings. The Morgan fingerprint density at radius 1 is 1.45 bits per heavy atom. The fourth-order valence-corrected chi connectivity index (χ4v) is 2.63. The highest BCUT2D eigenvalue weighted by Crippen LogP contribution is 2.09. The van der Waals surface area contributed by atoms with Gasteiger partial charge < -0.3 is 14.6 Å². The number of carbonyl (C=O) groups excluding carboxylic acids is 1. The van der Waals surface area contributed by atoms with E-state index in [1.54, 1.807) is 6.20 Å². The van der Waals surface area contributed by atoms with E-state index in [1.807, 2.05) is 31.5 Å². The summed E-state index contributed by atoms with van der Waals surface area (Å²) in [6, 6.07) is 0. The van der Waals surface area contributed by atoms with Gasteiger partial charge in [-0.15, -0.1) is 0 Å². The van der Waals surface area contributed by atoms with E-state index in [1.165, 1.54) is 0 Å². The Bertz CT molecular complexity index is 436. The summed E-state index contributed by atoms with van der Waals surface area (Å²) in [4.78, 5) is 18.2. The molecule has 1 saturated heterocycles. The second kappa shape index (κ2) is 6.85. The standard InChI is InChI=1S/C14H24N4O2/c1-11-8-17(9-12(2)20-11)10-14(19)16-5-7-18-6-4-15-13(18)3/h4,6,11-12H,5,7-10H2,1-3H3,(H,16,19)/t11-,12+. The van der Waals surface area contributed by atoms with E-state index < -0.39 is 0 Å². The molecule has 0 aliphatic carbocycles. The van der Waals surface area contributed by atoms with Gasteiger partial charge in [-0.05, 0) is 20.8 Å². The van der Waals surface area contributed by atoms with Crippen LogP contribution in [0, 0.1) is 6.92 Å². The molecule has 6 nitrogen and oxygen atoms in total. The minimum absolute atomic E-state index is 0.0732. The van der Waals surface area contributed by atoms with Gasteiger partial charge in [0.15, 0.2) is 0 Å². The van der Waals surface area contributed by atoms with Crippen LogP contribution < -0.4 is 5.32 Å². The number of aromatic nitrogens is 2. The quantitative estimate of drug-likeness (QED) is 0.849. The number of carbonyl (C=O) groups is 1. The minimum Gasteiger partial charge on any atom is -0.373 e. The smallest absolute Gasteiger partial charge is 0.234 e. The number of imidazole rings is 1. The number of hydrogen-bond acceptors (Lipinski definition) is 4. The number of aryl methyl sites for hydroxylation is 1. The average molecular weight is 280 g/mol. The maximum Gasteiger partial charge on any atom is 0.234 e. The van der Waals surface area contributed by atoms with E-state index in [-0.39, 0.29) is 18.1 Å². The van der Waals surface area contributed by atoms with Crippen molar-refractivity contribution in [2.45, 2.75) is 39.5 Å². The van der Waals surface area contributed by atoms with E-state index in [9.17, 15) is 4.79 Å². The molecule has 112 valence electrons. The normalized spacial score (nSPS) is 23.8. The third kappa shape index (κ3) is 4.31. The lowest BCUT2D eigenvalue weighted by molar-refractivity contribution is -0.126. The van der Waals surface area contributed by atoms with Crippen molar-refractivity contribution in [2.75, 3.05) is 26.2 Å². The fraction of sp³-hybridized carbons (Fsp3) is 0.714. The third-order valence-electron chi connectivity index (χ3n) is 3.46. The largest absolute Gasteiger partial charge is 0.373 e. The van der Waals surface area contributed by atoms with Gasteiger partial charge >= 0.3 is 0 Å². The molecule has 2 heterocycles. The Balaban J connectivity index is 1.69. The summed E-state index contributed by atoms with van der Waals surface area (Å²) in [5.41, 5.74) is 0. The highest BCUT2D eigenvalue weighted by molar-refractivity contribution is 5.77. The summed E-state index contributed by atoms with van der Waals surface area (Å²) in [6.07, 6.45) is 4.08. The third-order valence-corrected chi connectivity index (χ3v) is 3.46. The van der Waals surface area contributed by atoms with Crippen LogP contribution in [0.4, 0.5) is 0 Å². The molecule has 2 rings (SSSR count). The molecule has 1 amide bonds. The van der Waals surface area contributed by atoms with Crippen LogP contribution in [0.15, 0.2) is 12.4 Å². The Hall–Kier alpha value is -1.40. The van der Waals surface area contributed by atoms with Gasteiger partial charge in [-0.3, -0.25) is 9.69 Å². The maximum atomic E-state index is 11.9. The summed E-state index contributed by atoms with van der Waals surface area (Å²) in [7, 11) is 0. The zero-order valence-electron chi connectivity index (χ0n) is 12.5. The van der Waals surface area contributed by atoms with E-state index in [4.69, 9.17) is 4.74 Å². The van der Waals surface area contributed by atoms with E-state index >= 15 is 0 Å². The zero-order chi connectivity index (χ0) is 14.5. The predicted octanol–water partition coefficient (Wildman–Crippen LogP) is 0.417. The summed E-state index contributed by atoms with van der Waals surface area (Å²) >= 11 is 0. The highest BCUT2D eigenvalue weighted by atomic mass is 16.5. The topological polar surface area (TPSA) is 59.4 Å². The number of nitrogens with zero attached hydrogens (tertiary/aromatic N) is 3. The molecule has 1 aliphatic rings. The summed E-state index contributed by atoms with van der Waals surface area (Å²) in [5, 5.41) is 2.96. The summed E-state index contributed by atoms with van der Waals surface area (Å²) in [6.45, 7) is 9.51. The molecule has 0 bridgehead atoms. The zero-order valence-corrected chi connectivity index (χ0v) is 12.5. The van der Waals surface area contributed by atoms with Gasteiger partial charge in [0, 0.05) is 38.6 Å². The van der Waals surface area contributed by atoms with Crippen LogP contribution >= 0.6 is 0 Å². The molecule has 1 N–H and O–H groups in total. The Morgan fingerprint density at radius 2 is 2.15 bits per heavy atom. The molecule has 0 spiro atoms. The van der Waals surface area contributed by atoms with Crippen molar-refractivity contribution in [3.8, 4) is 0 Å². The molecule has 1 aliphatic heterocycles. The van der Waals surface area contributed by atoms with Gasteiger partial charge in [0.05, 0.1) is 18.8 Å². The molecular formula is C14H24N4O2. The maximum absolute atomic E-state index is 11.9. The first kappa shape index (κ1) is 15.0. The van der Waals surface area contributed by atoms with Gasteiger partial charge in [-0.25, -0.2) is 4.98 Å². The van der Waals surface area contributed by atoms with Crippen molar-refractivity contribution in [2.24, 2.45) is 0 Å². The van der Waals surface area contributed by atoms with Crippen LogP contribution in [0.3, 0.4) is 0 Å². The van der Waals surface area contributed by atoms with E-state index in [0.29, 0.717) is 13.1 Å².